The highest BCUT2D eigenvalue weighted by atomic mass is 79.9. The summed E-state index contributed by atoms with van der Waals surface area (Å²) < 4.78 is 0. The lowest BCUT2D eigenvalue weighted by molar-refractivity contribution is 0.198. The molecular weight excluding hydrogens is 264 g/mol. The molecule has 0 aliphatic rings. The Labute approximate surface area is 109 Å². The van der Waals surface area contributed by atoms with Crippen molar-refractivity contribution in [2.24, 2.45) is 17.8 Å². The molecule has 0 aromatic rings. The van der Waals surface area contributed by atoms with Gasteiger partial charge in [0, 0.05) is 31.4 Å². The predicted octanol–water partition coefficient (Wildman–Crippen LogP) is 3.53. The fourth-order valence-corrected chi connectivity index (χ4v) is 2.70. The molecule has 0 amide bonds. The van der Waals surface area contributed by atoms with E-state index in [2.05, 4.69) is 54.6 Å². The Morgan fingerprint density at radius 2 is 1.81 bits per heavy atom. The van der Waals surface area contributed by atoms with Crippen LogP contribution in [0, 0.1) is 29.1 Å². The average molecular weight is 289 g/mol. The third-order valence-electron chi connectivity index (χ3n) is 2.80. The zero-order valence-electron chi connectivity index (χ0n) is 11.0. The lowest BCUT2D eigenvalue weighted by atomic mass is 9.97. The summed E-state index contributed by atoms with van der Waals surface area (Å²) in [4.78, 5) is 2.43. The first-order valence-electron chi connectivity index (χ1n) is 6.16. The van der Waals surface area contributed by atoms with Gasteiger partial charge in [0.05, 0.1) is 6.07 Å². The molecule has 1 unspecified atom stereocenters. The Morgan fingerprint density at radius 1 is 1.19 bits per heavy atom. The van der Waals surface area contributed by atoms with E-state index in [1.165, 1.54) is 0 Å². The maximum Gasteiger partial charge on any atom is 0.0635 e. The minimum absolute atomic E-state index is 0.639. The quantitative estimate of drug-likeness (QED) is 0.639. The number of nitrogens with zero attached hydrogens (tertiary/aromatic N) is 2. The summed E-state index contributed by atoms with van der Waals surface area (Å²) in [7, 11) is 0. The van der Waals surface area contributed by atoms with Gasteiger partial charge in [0.25, 0.3) is 0 Å². The second-order valence-corrected chi connectivity index (χ2v) is 5.87. The minimum atomic E-state index is 0.639. The van der Waals surface area contributed by atoms with E-state index in [0.717, 1.165) is 25.0 Å². The third-order valence-corrected chi connectivity index (χ3v) is 3.63. The Hall–Kier alpha value is -0.0700. The molecule has 0 radical (unpaired) electrons. The van der Waals surface area contributed by atoms with Crippen molar-refractivity contribution in [2.45, 2.75) is 34.1 Å². The molecule has 3 heteroatoms. The van der Waals surface area contributed by atoms with Gasteiger partial charge in [0.2, 0.25) is 0 Å². The van der Waals surface area contributed by atoms with Crippen LogP contribution in [0.4, 0.5) is 0 Å². The van der Waals surface area contributed by atoms with Crippen molar-refractivity contribution >= 4 is 15.9 Å². The van der Waals surface area contributed by atoms with Crippen molar-refractivity contribution in [3.63, 3.8) is 0 Å². The van der Waals surface area contributed by atoms with Gasteiger partial charge in [0.15, 0.2) is 0 Å². The van der Waals surface area contributed by atoms with Gasteiger partial charge in [-0.1, -0.05) is 43.6 Å². The fraction of sp³-hybridized carbons (Fsp3) is 0.923. The van der Waals surface area contributed by atoms with Crippen molar-refractivity contribution in [1.29, 1.82) is 5.26 Å². The van der Waals surface area contributed by atoms with Crippen LogP contribution in [-0.2, 0) is 0 Å². The Balaban J connectivity index is 4.22. The molecule has 0 rings (SSSR count). The highest BCUT2D eigenvalue weighted by Crippen LogP contribution is 2.16. The highest BCUT2D eigenvalue weighted by Gasteiger charge is 2.17. The summed E-state index contributed by atoms with van der Waals surface area (Å²) in [5.74, 6) is 2.04. The topological polar surface area (TPSA) is 27.0 Å². The van der Waals surface area contributed by atoms with E-state index in [1.807, 2.05) is 0 Å². The molecule has 0 fully saturated rings. The molecule has 2 nitrogen and oxygen atoms in total. The molecule has 0 saturated heterocycles. The smallest absolute Gasteiger partial charge is 0.0635 e. The highest BCUT2D eigenvalue weighted by molar-refractivity contribution is 9.09. The summed E-state index contributed by atoms with van der Waals surface area (Å²) in [6.45, 7) is 12.1. The second kappa shape index (κ2) is 9.01. The van der Waals surface area contributed by atoms with Crippen molar-refractivity contribution in [1.82, 2.24) is 4.90 Å². The summed E-state index contributed by atoms with van der Waals surface area (Å²) in [6.07, 6.45) is 0.639. The van der Waals surface area contributed by atoms with Crippen LogP contribution in [0.1, 0.15) is 34.1 Å². The van der Waals surface area contributed by atoms with E-state index in [9.17, 15) is 0 Å². The summed E-state index contributed by atoms with van der Waals surface area (Å²) in [6, 6.07) is 2.24. The first-order valence-corrected chi connectivity index (χ1v) is 7.28. The average Bonchev–Trinajstić information content (AvgIpc) is 2.20. The number of hydrogen-bond donors (Lipinski definition) is 0. The maximum absolute atomic E-state index is 8.66. The van der Waals surface area contributed by atoms with Crippen LogP contribution in [0.3, 0.4) is 0 Å². The largest absolute Gasteiger partial charge is 0.302 e. The Morgan fingerprint density at radius 3 is 2.19 bits per heavy atom. The molecular formula is C13H25BrN2. The van der Waals surface area contributed by atoms with Gasteiger partial charge in [-0.2, -0.15) is 5.26 Å². The van der Waals surface area contributed by atoms with Crippen molar-refractivity contribution in [2.75, 3.05) is 25.0 Å². The van der Waals surface area contributed by atoms with Crippen LogP contribution in [0.2, 0.25) is 0 Å². The van der Waals surface area contributed by atoms with E-state index < -0.39 is 0 Å². The molecule has 0 bridgehead atoms. The normalized spacial score (nSPS) is 13.4. The molecule has 0 heterocycles. The van der Waals surface area contributed by atoms with Crippen LogP contribution in [0.5, 0.6) is 0 Å². The summed E-state index contributed by atoms with van der Waals surface area (Å²) in [5, 5.41) is 9.71. The molecule has 1 atom stereocenters. The third kappa shape index (κ3) is 7.24. The number of hydrogen-bond acceptors (Lipinski definition) is 2. The molecule has 0 aromatic carbocycles. The second-order valence-electron chi connectivity index (χ2n) is 5.22. The molecule has 0 aliphatic heterocycles. The lowest BCUT2D eigenvalue weighted by Gasteiger charge is -2.29. The van der Waals surface area contributed by atoms with Crippen LogP contribution >= 0.6 is 15.9 Å². The van der Waals surface area contributed by atoms with Gasteiger partial charge in [-0.05, 0) is 17.8 Å². The van der Waals surface area contributed by atoms with Crippen molar-refractivity contribution in [3.8, 4) is 6.07 Å². The van der Waals surface area contributed by atoms with E-state index >= 15 is 0 Å². The van der Waals surface area contributed by atoms with Gasteiger partial charge < -0.3 is 4.90 Å². The van der Waals surface area contributed by atoms with E-state index in [1.54, 1.807) is 0 Å². The zero-order valence-corrected chi connectivity index (χ0v) is 12.6. The van der Waals surface area contributed by atoms with Crippen LogP contribution in [-0.4, -0.2) is 29.9 Å². The molecule has 0 spiro atoms. The Bertz CT molecular complexity index is 208. The van der Waals surface area contributed by atoms with E-state index in [-0.39, 0.29) is 0 Å². The van der Waals surface area contributed by atoms with Crippen LogP contribution < -0.4 is 0 Å². The number of alkyl halides is 1. The van der Waals surface area contributed by atoms with Gasteiger partial charge in [-0.3, -0.25) is 0 Å². The monoisotopic (exact) mass is 288 g/mol. The maximum atomic E-state index is 8.66. The predicted molar refractivity (Wildman–Crippen MR) is 73.6 cm³/mol. The molecule has 16 heavy (non-hydrogen) atoms. The first-order chi connectivity index (χ1) is 7.51. The molecule has 94 valence electrons. The Kier molecular flexibility index (Phi) is 8.97. The van der Waals surface area contributed by atoms with Crippen molar-refractivity contribution < 1.29 is 0 Å². The molecule has 0 aromatic heterocycles. The zero-order chi connectivity index (χ0) is 12.6. The standard InChI is InChI=1S/C13H25BrN2/c1-11(2)9-16(7-5-6-15)10-13(8-14)12(3)4/h11-13H,5,7-10H2,1-4H3. The van der Waals surface area contributed by atoms with Gasteiger partial charge in [-0.25, -0.2) is 0 Å². The van der Waals surface area contributed by atoms with Gasteiger partial charge in [0.1, 0.15) is 0 Å². The number of halogens is 1. The molecule has 0 aliphatic carbocycles. The SMILES string of the molecule is CC(C)CN(CCC#N)CC(CBr)C(C)C. The lowest BCUT2D eigenvalue weighted by Crippen LogP contribution is -2.35. The van der Waals surface area contributed by atoms with Gasteiger partial charge in [-0.15, -0.1) is 0 Å². The molecule has 0 N–H and O–H groups in total. The number of nitriles is 1. The first kappa shape index (κ1) is 15.9. The van der Waals surface area contributed by atoms with E-state index in [0.29, 0.717) is 24.2 Å². The minimum Gasteiger partial charge on any atom is -0.302 e. The van der Waals surface area contributed by atoms with Gasteiger partial charge >= 0.3 is 0 Å². The van der Waals surface area contributed by atoms with Crippen molar-refractivity contribution in [3.05, 3.63) is 0 Å². The molecule has 0 saturated carbocycles. The van der Waals surface area contributed by atoms with E-state index in [4.69, 9.17) is 5.26 Å². The summed E-state index contributed by atoms with van der Waals surface area (Å²) >= 11 is 3.59. The number of rotatable bonds is 8. The fourth-order valence-electron chi connectivity index (χ4n) is 1.75. The summed E-state index contributed by atoms with van der Waals surface area (Å²) in [5.41, 5.74) is 0. The van der Waals surface area contributed by atoms with Crippen LogP contribution in [0.25, 0.3) is 0 Å². The van der Waals surface area contributed by atoms with Crippen LogP contribution in [0.15, 0.2) is 0 Å².